The summed E-state index contributed by atoms with van der Waals surface area (Å²) in [5, 5.41) is 3.39. The van der Waals surface area contributed by atoms with Gasteiger partial charge in [0, 0.05) is 18.0 Å². The Labute approximate surface area is 114 Å². The highest BCUT2D eigenvalue weighted by molar-refractivity contribution is 5.65. The molecule has 0 aliphatic carbocycles. The van der Waals surface area contributed by atoms with Crippen LogP contribution in [-0.4, -0.2) is 23.1 Å². The van der Waals surface area contributed by atoms with Crippen molar-refractivity contribution >= 4 is 0 Å². The van der Waals surface area contributed by atoms with Crippen LogP contribution in [0.1, 0.15) is 34.9 Å². The summed E-state index contributed by atoms with van der Waals surface area (Å²) in [6.07, 6.45) is 3.16. The molecule has 100 valence electrons. The van der Waals surface area contributed by atoms with Crippen LogP contribution in [0.4, 0.5) is 0 Å². The molecule has 1 aliphatic heterocycles. The molecule has 1 atom stereocenters. The van der Waals surface area contributed by atoms with E-state index < -0.39 is 0 Å². The lowest BCUT2D eigenvalue weighted by molar-refractivity contribution is 0.715. The highest BCUT2D eigenvalue weighted by Gasteiger charge is 2.20. The van der Waals surface area contributed by atoms with Gasteiger partial charge in [0.2, 0.25) is 0 Å². The zero-order chi connectivity index (χ0) is 13.4. The van der Waals surface area contributed by atoms with Gasteiger partial charge in [-0.3, -0.25) is 0 Å². The third-order valence-electron chi connectivity index (χ3n) is 4.39. The van der Waals surface area contributed by atoms with Gasteiger partial charge < -0.3 is 10.3 Å². The van der Waals surface area contributed by atoms with Gasteiger partial charge in [0.25, 0.3) is 0 Å². The number of nitrogens with one attached hydrogen (secondary N) is 2. The van der Waals surface area contributed by atoms with Crippen molar-refractivity contribution < 1.29 is 0 Å². The minimum Gasteiger partial charge on any atom is -0.342 e. The van der Waals surface area contributed by atoms with Crippen molar-refractivity contribution in [2.75, 3.05) is 13.1 Å². The van der Waals surface area contributed by atoms with E-state index in [9.17, 15) is 0 Å². The summed E-state index contributed by atoms with van der Waals surface area (Å²) in [6, 6.07) is 4.39. The van der Waals surface area contributed by atoms with E-state index in [0.717, 1.165) is 24.6 Å². The molecule has 0 saturated carbocycles. The predicted molar refractivity (Wildman–Crippen MR) is 78.5 cm³/mol. The van der Waals surface area contributed by atoms with E-state index in [1.807, 2.05) is 6.20 Å². The molecule has 3 heteroatoms. The minimum absolute atomic E-state index is 0.542. The van der Waals surface area contributed by atoms with Crippen LogP contribution < -0.4 is 5.32 Å². The SMILES string of the molecule is Cc1ccc(-c2cnc(C3CCNC3)[nH]2)c(C)c1C. The number of aromatic nitrogens is 2. The van der Waals surface area contributed by atoms with Gasteiger partial charge in [-0.2, -0.15) is 0 Å². The molecule has 1 aliphatic rings. The van der Waals surface area contributed by atoms with E-state index in [2.05, 4.69) is 48.2 Å². The van der Waals surface area contributed by atoms with Gasteiger partial charge in [-0.05, 0) is 50.4 Å². The smallest absolute Gasteiger partial charge is 0.110 e. The molecule has 1 fully saturated rings. The first-order valence-electron chi connectivity index (χ1n) is 6.99. The minimum atomic E-state index is 0.542. The fourth-order valence-electron chi connectivity index (χ4n) is 2.82. The number of aryl methyl sites for hydroxylation is 1. The first-order chi connectivity index (χ1) is 9.16. The number of nitrogens with zero attached hydrogens (tertiary/aromatic N) is 1. The Balaban J connectivity index is 1.96. The normalized spacial score (nSPS) is 19.0. The summed E-state index contributed by atoms with van der Waals surface area (Å²) in [7, 11) is 0. The van der Waals surface area contributed by atoms with E-state index >= 15 is 0 Å². The fraction of sp³-hybridized carbons (Fsp3) is 0.438. The van der Waals surface area contributed by atoms with Gasteiger partial charge in [0.05, 0.1) is 11.9 Å². The molecular formula is C16H21N3. The second kappa shape index (κ2) is 4.82. The number of aromatic amines is 1. The van der Waals surface area contributed by atoms with Crippen molar-refractivity contribution in [1.82, 2.24) is 15.3 Å². The Morgan fingerprint density at radius 2 is 2.00 bits per heavy atom. The molecule has 1 unspecified atom stereocenters. The highest BCUT2D eigenvalue weighted by atomic mass is 15.0. The van der Waals surface area contributed by atoms with Crippen molar-refractivity contribution in [3.05, 3.63) is 40.8 Å². The molecular weight excluding hydrogens is 234 g/mol. The second-order valence-electron chi connectivity index (χ2n) is 5.55. The molecule has 3 nitrogen and oxygen atoms in total. The topological polar surface area (TPSA) is 40.7 Å². The molecule has 2 N–H and O–H groups in total. The van der Waals surface area contributed by atoms with Gasteiger partial charge in [-0.15, -0.1) is 0 Å². The van der Waals surface area contributed by atoms with E-state index in [0.29, 0.717) is 5.92 Å². The predicted octanol–water partition coefficient (Wildman–Crippen LogP) is 3.08. The summed E-state index contributed by atoms with van der Waals surface area (Å²) in [5.41, 5.74) is 6.48. The lowest BCUT2D eigenvalue weighted by Gasteiger charge is -2.10. The molecule has 0 radical (unpaired) electrons. The van der Waals surface area contributed by atoms with Crippen LogP contribution in [-0.2, 0) is 0 Å². The van der Waals surface area contributed by atoms with Gasteiger partial charge in [0.15, 0.2) is 0 Å². The Morgan fingerprint density at radius 1 is 1.16 bits per heavy atom. The van der Waals surface area contributed by atoms with Crippen LogP contribution in [0, 0.1) is 20.8 Å². The maximum atomic E-state index is 4.57. The molecule has 3 rings (SSSR count). The lowest BCUT2D eigenvalue weighted by Crippen LogP contribution is -2.08. The first-order valence-corrected chi connectivity index (χ1v) is 6.99. The summed E-state index contributed by atoms with van der Waals surface area (Å²) >= 11 is 0. The van der Waals surface area contributed by atoms with Gasteiger partial charge in [-0.1, -0.05) is 12.1 Å². The van der Waals surface area contributed by atoms with Crippen LogP contribution in [0.15, 0.2) is 18.3 Å². The molecule has 0 spiro atoms. The zero-order valence-corrected chi connectivity index (χ0v) is 11.9. The largest absolute Gasteiger partial charge is 0.342 e. The van der Waals surface area contributed by atoms with Crippen molar-refractivity contribution in [2.24, 2.45) is 0 Å². The molecule has 1 aromatic carbocycles. The summed E-state index contributed by atoms with van der Waals surface area (Å²) < 4.78 is 0. The zero-order valence-electron chi connectivity index (χ0n) is 11.9. The van der Waals surface area contributed by atoms with Crippen LogP contribution in [0.3, 0.4) is 0 Å². The molecule has 0 amide bonds. The quantitative estimate of drug-likeness (QED) is 0.866. The fourth-order valence-corrected chi connectivity index (χ4v) is 2.82. The number of hydrogen-bond acceptors (Lipinski definition) is 2. The Kier molecular flexibility index (Phi) is 3.15. The average Bonchev–Trinajstić information content (AvgIpc) is 3.06. The molecule has 0 bridgehead atoms. The van der Waals surface area contributed by atoms with Crippen LogP contribution in [0.5, 0.6) is 0 Å². The monoisotopic (exact) mass is 255 g/mol. The van der Waals surface area contributed by atoms with Gasteiger partial charge >= 0.3 is 0 Å². The lowest BCUT2D eigenvalue weighted by atomic mass is 9.97. The Hall–Kier alpha value is -1.61. The Bertz CT molecular complexity index is 592. The molecule has 2 aromatic rings. The standard InChI is InChI=1S/C16H21N3/c1-10-4-5-14(12(3)11(10)2)15-9-18-16(19-15)13-6-7-17-8-13/h4-5,9,13,17H,6-8H2,1-3H3,(H,18,19). The highest BCUT2D eigenvalue weighted by Crippen LogP contribution is 2.28. The number of imidazole rings is 1. The average molecular weight is 255 g/mol. The van der Waals surface area contributed by atoms with Crippen LogP contribution in [0.2, 0.25) is 0 Å². The van der Waals surface area contributed by atoms with Gasteiger partial charge in [0.1, 0.15) is 5.82 Å². The number of rotatable bonds is 2. The summed E-state index contributed by atoms with van der Waals surface area (Å²) in [4.78, 5) is 8.08. The second-order valence-corrected chi connectivity index (χ2v) is 5.55. The molecule has 19 heavy (non-hydrogen) atoms. The van der Waals surface area contributed by atoms with Crippen molar-refractivity contribution in [3.63, 3.8) is 0 Å². The van der Waals surface area contributed by atoms with E-state index in [-0.39, 0.29) is 0 Å². The van der Waals surface area contributed by atoms with Gasteiger partial charge in [-0.25, -0.2) is 4.98 Å². The molecule has 1 saturated heterocycles. The van der Waals surface area contributed by atoms with Crippen molar-refractivity contribution in [1.29, 1.82) is 0 Å². The Morgan fingerprint density at radius 3 is 2.74 bits per heavy atom. The van der Waals surface area contributed by atoms with Crippen LogP contribution in [0.25, 0.3) is 11.3 Å². The maximum Gasteiger partial charge on any atom is 0.110 e. The summed E-state index contributed by atoms with van der Waals surface area (Å²) in [5.74, 6) is 1.67. The molecule has 2 heterocycles. The van der Waals surface area contributed by atoms with E-state index in [4.69, 9.17) is 0 Å². The van der Waals surface area contributed by atoms with E-state index in [1.165, 1.54) is 28.7 Å². The number of benzene rings is 1. The van der Waals surface area contributed by atoms with Crippen molar-refractivity contribution in [2.45, 2.75) is 33.1 Å². The number of hydrogen-bond donors (Lipinski definition) is 2. The molecule has 1 aromatic heterocycles. The third kappa shape index (κ3) is 2.19. The first kappa shape index (κ1) is 12.4. The number of H-pyrrole nitrogens is 1. The summed E-state index contributed by atoms with van der Waals surface area (Å²) in [6.45, 7) is 8.68. The van der Waals surface area contributed by atoms with Crippen molar-refractivity contribution in [3.8, 4) is 11.3 Å². The maximum absolute atomic E-state index is 4.57. The third-order valence-corrected chi connectivity index (χ3v) is 4.39. The van der Waals surface area contributed by atoms with Crippen LogP contribution >= 0.6 is 0 Å². The van der Waals surface area contributed by atoms with E-state index in [1.54, 1.807) is 0 Å².